The van der Waals surface area contributed by atoms with Gasteiger partial charge >= 0.3 is 0 Å². The molecule has 0 aliphatic carbocycles. The highest BCUT2D eigenvalue weighted by Gasteiger charge is 2.08. The maximum atomic E-state index is 10.6. The second-order valence-corrected chi connectivity index (χ2v) is 3.55. The van der Waals surface area contributed by atoms with Gasteiger partial charge in [0, 0.05) is 6.42 Å². The molecule has 0 unspecified atom stereocenters. The first kappa shape index (κ1) is 13.1. The van der Waals surface area contributed by atoms with Crippen LogP contribution in [0.1, 0.15) is 58.8 Å². The fourth-order valence-electron chi connectivity index (χ4n) is 1.30. The molecular weight excluding hydrogens is 178 g/mol. The van der Waals surface area contributed by atoms with Gasteiger partial charge in [0.05, 0.1) is 4.92 Å². The minimum Gasteiger partial charge on any atom is -0.259 e. The van der Waals surface area contributed by atoms with E-state index in [9.17, 15) is 10.1 Å². The van der Waals surface area contributed by atoms with Gasteiger partial charge in [-0.15, -0.1) is 0 Å². The quantitative estimate of drug-likeness (QED) is 0.338. The van der Waals surface area contributed by atoms with Crippen LogP contribution in [-0.2, 0) is 0 Å². The van der Waals surface area contributed by atoms with Crippen molar-refractivity contribution in [2.75, 3.05) is 0 Å². The summed E-state index contributed by atoms with van der Waals surface area (Å²) in [5.41, 5.74) is 0.409. The Bertz CT molecular complexity index is 188. The monoisotopic (exact) mass is 199 g/mol. The van der Waals surface area contributed by atoms with Gasteiger partial charge in [-0.1, -0.05) is 33.1 Å². The van der Waals surface area contributed by atoms with Crippen LogP contribution in [0.2, 0.25) is 0 Å². The molecule has 0 saturated carbocycles. The lowest BCUT2D eigenvalue weighted by molar-refractivity contribution is -0.428. The molecule has 3 nitrogen and oxygen atoms in total. The van der Waals surface area contributed by atoms with Gasteiger partial charge < -0.3 is 0 Å². The van der Waals surface area contributed by atoms with E-state index in [1.165, 1.54) is 0 Å². The Kier molecular flexibility index (Phi) is 8.19. The summed E-state index contributed by atoms with van der Waals surface area (Å²) in [7, 11) is 0. The molecule has 0 bridgehead atoms. The maximum Gasteiger partial charge on any atom is 0.242 e. The van der Waals surface area contributed by atoms with Gasteiger partial charge in [0.2, 0.25) is 5.70 Å². The van der Waals surface area contributed by atoms with Crippen LogP contribution in [0.15, 0.2) is 11.8 Å². The van der Waals surface area contributed by atoms with Gasteiger partial charge in [0.15, 0.2) is 0 Å². The predicted octanol–water partition coefficient (Wildman–Crippen LogP) is 3.92. The summed E-state index contributed by atoms with van der Waals surface area (Å²) in [6.45, 7) is 4.20. The lowest BCUT2D eigenvalue weighted by Gasteiger charge is -1.98. The van der Waals surface area contributed by atoms with Crippen molar-refractivity contribution in [2.24, 2.45) is 0 Å². The molecule has 14 heavy (non-hydrogen) atoms. The van der Waals surface area contributed by atoms with Gasteiger partial charge in [0.1, 0.15) is 0 Å². The first-order chi connectivity index (χ1) is 6.72. The van der Waals surface area contributed by atoms with Crippen molar-refractivity contribution in [2.45, 2.75) is 58.8 Å². The fourth-order valence-corrected chi connectivity index (χ4v) is 1.30. The number of hydrogen-bond acceptors (Lipinski definition) is 2. The molecule has 0 aromatic rings. The van der Waals surface area contributed by atoms with E-state index in [1.54, 1.807) is 6.08 Å². The van der Waals surface area contributed by atoms with Crippen LogP contribution in [0.3, 0.4) is 0 Å². The molecular formula is C11H21NO2. The smallest absolute Gasteiger partial charge is 0.242 e. The van der Waals surface area contributed by atoms with E-state index in [4.69, 9.17) is 0 Å². The number of rotatable bonds is 8. The van der Waals surface area contributed by atoms with Gasteiger partial charge in [-0.2, -0.15) is 0 Å². The molecule has 0 rings (SSSR count). The topological polar surface area (TPSA) is 43.1 Å². The number of unbranched alkanes of at least 4 members (excludes halogenated alkanes) is 4. The molecule has 0 N–H and O–H groups in total. The van der Waals surface area contributed by atoms with E-state index in [2.05, 4.69) is 13.8 Å². The highest BCUT2D eigenvalue weighted by atomic mass is 16.6. The van der Waals surface area contributed by atoms with Crippen molar-refractivity contribution in [1.82, 2.24) is 0 Å². The highest BCUT2D eigenvalue weighted by Crippen LogP contribution is 2.11. The Labute approximate surface area is 86.4 Å². The number of hydrogen-bond donors (Lipinski definition) is 0. The molecule has 0 aliphatic rings. The fraction of sp³-hybridized carbons (Fsp3) is 0.818. The van der Waals surface area contributed by atoms with Crippen molar-refractivity contribution in [3.8, 4) is 0 Å². The van der Waals surface area contributed by atoms with Gasteiger partial charge in [-0.05, 0) is 25.3 Å². The minimum atomic E-state index is -0.231. The maximum absolute atomic E-state index is 10.6. The van der Waals surface area contributed by atoms with Crippen molar-refractivity contribution in [3.05, 3.63) is 21.9 Å². The molecule has 0 radical (unpaired) electrons. The molecule has 0 aromatic heterocycles. The SMILES string of the molecule is CCCC/C=C(/CCCCC)[N+](=O)[O-]. The molecule has 0 atom stereocenters. The summed E-state index contributed by atoms with van der Waals surface area (Å²) in [5, 5.41) is 10.6. The summed E-state index contributed by atoms with van der Waals surface area (Å²) >= 11 is 0. The molecule has 0 amide bonds. The van der Waals surface area contributed by atoms with Gasteiger partial charge in [-0.25, -0.2) is 0 Å². The molecule has 0 spiro atoms. The Morgan fingerprint density at radius 3 is 2.36 bits per heavy atom. The Balaban J connectivity index is 3.88. The molecule has 0 heterocycles. The molecule has 82 valence electrons. The predicted molar refractivity (Wildman–Crippen MR) is 58.7 cm³/mol. The Hall–Kier alpha value is -0.860. The van der Waals surface area contributed by atoms with Crippen molar-refractivity contribution < 1.29 is 4.92 Å². The first-order valence-corrected chi connectivity index (χ1v) is 5.55. The number of nitrogens with zero attached hydrogens (tertiary/aromatic N) is 1. The molecule has 0 aromatic carbocycles. The van der Waals surface area contributed by atoms with E-state index in [1.807, 2.05) is 0 Å². The summed E-state index contributed by atoms with van der Waals surface area (Å²) in [5.74, 6) is 0. The van der Waals surface area contributed by atoms with Crippen LogP contribution in [0, 0.1) is 10.1 Å². The van der Waals surface area contributed by atoms with E-state index < -0.39 is 0 Å². The molecule has 0 fully saturated rings. The van der Waals surface area contributed by atoms with E-state index in [0.717, 1.165) is 38.5 Å². The van der Waals surface area contributed by atoms with Crippen LogP contribution in [0.4, 0.5) is 0 Å². The average Bonchev–Trinajstić information content (AvgIpc) is 2.15. The number of nitro groups is 1. The zero-order chi connectivity index (χ0) is 10.8. The second kappa shape index (κ2) is 8.73. The standard InChI is InChI=1S/C11H21NO2/c1-3-5-7-9-11(12(13)14)10-8-6-4-2/h9H,3-8,10H2,1-2H3/b11-9-. The van der Waals surface area contributed by atoms with E-state index in [-0.39, 0.29) is 4.92 Å². The highest BCUT2D eigenvalue weighted by molar-refractivity contribution is 4.91. The number of allylic oxidation sites excluding steroid dienone is 2. The molecule has 0 aliphatic heterocycles. The third-order valence-electron chi connectivity index (χ3n) is 2.21. The third kappa shape index (κ3) is 6.63. The molecule has 3 heteroatoms. The Morgan fingerprint density at radius 1 is 1.21 bits per heavy atom. The van der Waals surface area contributed by atoms with Crippen molar-refractivity contribution >= 4 is 0 Å². The summed E-state index contributed by atoms with van der Waals surface area (Å²) in [4.78, 5) is 10.4. The summed E-state index contributed by atoms with van der Waals surface area (Å²) < 4.78 is 0. The average molecular weight is 199 g/mol. The second-order valence-electron chi connectivity index (χ2n) is 3.55. The molecule has 0 saturated heterocycles. The lowest BCUT2D eigenvalue weighted by Crippen LogP contribution is -1.98. The minimum absolute atomic E-state index is 0.231. The summed E-state index contributed by atoms with van der Waals surface area (Å²) in [6, 6.07) is 0. The lowest BCUT2D eigenvalue weighted by atomic mass is 10.1. The van der Waals surface area contributed by atoms with Crippen LogP contribution < -0.4 is 0 Å². The summed E-state index contributed by atoms with van der Waals surface area (Å²) in [6.07, 6.45) is 8.54. The zero-order valence-electron chi connectivity index (χ0n) is 9.29. The van der Waals surface area contributed by atoms with E-state index >= 15 is 0 Å². The van der Waals surface area contributed by atoms with Crippen LogP contribution >= 0.6 is 0 Å². The Morgan fingerprint density at radius 2 is 1.86 bits per heavy atom. The van der Waals surface area contributed by atoms with E-state index in [0.29, 0.717) is 12.1 Å². The van der Waals surface area contributed by atoms with Crippen LogP contribution in [0.25, 0.3) is 0 Å². The van der Waals surface area contributed by atoms with Crippen molar-refractivity contribution in [3.63, 3.8) is 0 Å². The third-order valence-corrected chi connectivity index (χ3v) is 2.21. The van der Waals surface area contributed by atoms with Crippen molar-refractivity contribution in [1.29, 1.82) is 0 Å². The normalized spacial score (nSPS) is 11.7. The van der Waals surface area contributed by atoms with Gasteiger partial charge in [0.25, 0.3) is 0 Å². The largest absolute Gasteiger partial charge is 0.259 e. The van der Waals surface area contributed by atoms with Crippen LogP contribution in [-0.4, -0.2) is 4.92 Å². The first-order valence-electron chi connectivity index (χ1n) is 5.55. The van der Waals surface area contributed by atoms with Gasteiger partial charge in [-0.3, -0.25) is 10.1 Å². The zero-order valence-corrected chi connectivity index (χ0v) is 9.29. The van der Waals surface area contributed by atoms with Crippen LogP contribution in [0.5, 0.6) is 0 Å².